The normalized spacial score (nSPS) is 11.6. The van der Waals surface area contributed by atoms with Gasteiger partial charge < -0.3 is 10.4 Å². The van der Waals surface area contributed by atoms with Crippen molar-refractivity contribution in [1.82, 2.24) is 0 Å². The Kier molecular flexibility index (Phi) is 6.07. The van der Waals surface area contributed by atoms with Gasteiger partial charge in [0.1, 0.15) is 0 Å². The number of aromatic hydroxyl groups is 1. The number of para-hydroxylation sites is 1. The molecule has 0 bridgehead atoms. The minimum Gasteiger partial charge on any atom is -0.504 e. The van der Waals surface area contributed by atoms with Crippen LogP contribution in [-0.2, 0) is 0 Å². The summed E-state index contributed by atoms with van der Waals surface area (Å²) in [5.41, 5.74) is 2.17. The first-order chi connectivity index (χ1) is 13.8. The maximum absolute atomic E-state index is 13.5. The number of hydrogen-bond donors (Lipinski definition) is 2. The van der Waals surface area contributed by atoms with Gasteiger partial charge in [0.05, 0.1) is 17.6 Å². The molecule has 0 aliphatic rings. The van der Waals surface area contributed by atoms with E-state index in [4.69, 9.17) is 23.2 Å². The largest absolute Gasteiger partial charge is 0.504 e. The molecule has 1 unspecified atom stereocenters. The molecule has 2 N–H and O–H groups in total. The van der Waals surface area contributed by atoms with E-state index in [1.54, 1.807) is 37.3 Å². The second-order valence-electron chi connectivity index (χ2n) is 6.39. The standard InChI is InChI=1S/C22H15Cl2FN2O2/c1-12-9-16(17(11-26)13-5-7-14(23)8-6-13)18(24)10-20(12)27-22(29)15-3-2-4-19(25)21(15)28/h2-10,17,28H,1H3,(H,27,29). The van der Waals surface area contributed by atoms with Crippen LogP contribution in [0.1, 0.15) is 33.0 Å². The average molecular weight is 429 g/mol. The van der Waals surface area contributed by atoms with Crippen LogP contribution in [0.2, 0.25) is 10.0 Å². The average Bonchev–Trinajstić information content (AvgIpc) is 2.69. The molecule has 146 valence electrons. The van der Waals surface area contributed by atoms with Crippen molar-refractivity contribution >= 4 is 34.8 Å². The SMILES string of the molecule is Cc1cc(C(C#N)c2ccc(Cl)cc2)c(Cl)cc1NC(=O)c1cccc(F)c1O. The molecular weight excluding hydrogens is 414 g/mol. The summed E-state index contributed by atoms with van der Waals surface area (Å²) in [7, 11) is 0. The molecule has 0 radical (unpaired) electrons. The van der Waals surface area contributed by atoms with Crippen LogP contribution in [0.5, 0.6) is 5.75 Å². The molecule has 0 saturated carbocycles. The Morgan fingerprint density at radius 3 is 2.52 bits per heavy atom. The molecule has 3 rings (SSSR count). The Hall–Kier alpha value is -3.07. The van der Waals surface area contributed by atoms with Gasteiger partial charge in [-0.25, -0.2) is 4.39 Å². The first-order valence-corrected chi connectivity index (χ1v) is 9.31. The van der Waals surface area contributed by atoms with E-state index >= 15 is 0 Å². The lowest BCUT2D eigenvalue weighted by atomic mass is 9.91. The van der Waals surface area contributed by atoms with E-state index in [-0.39, 0.29) is 10.6 Å². The van der Waals surface area contributed by atoms with E-state index in [2.05, 4.69) is 11.4 Å². The van der Waals surface area contributed by atoms with Gasteiger partial charge in [-0.3, -0.25) is 4.79 Å². The number of halogens is 3. The molecule has 0 spiro atoms. The fraction of sp³-hybridized carbons (Fsp3) is 0.0909. The number of carbonyl (C=O) groups excluding carboxylic acids is 1. The lowest BCUT2D eigenvalue weighted by molar-refractivity contribution is 0.102. The van der Waals surface area contributed by atoms with Crippen LogP contribution in [0.15, 0.2) is 54.6 Å². The van der Waals surface area contributed by atoms with Crippen molar-refractivity contribution in [2.24, 2.45) is 0 Å². The van der Waals surface area contributed by atoms with E-state index in [0.717, 1.165) is 11.6 Å². The van der Waals surface area contributed by atoms with Gasteiger partial charge in [-0.2, -0.15) is 5.26 Å². The number of phenols is 1. The van der Waals surface area contributed by atoms with Crippen molar-refractivity contribution in [3.05, 3.63) is 92.7 Å². The maximum atomic E-state index is 13.5. The summed E-state index contributed by atoms with van der Waals surface area (Å²) in [6, 6.07) is 16.1. The highest BCUT2D eigenvalue weighted by Gasteiger charge is 2.20. The van der Waals surface area contributed by atoms with Crippen LogP contribution < -0.4 is 5.32 Å². The quantitative estimate of drug-likeness (QED) is 0.530. The molecule has 0 heterocycles. The van der Waals surface area contributed by atoms with Gasteiger partial charge in [-0.15, -0.1) is 0 Å². The van der Waals surface area contributed by atoms with Gasteiger partial charge in [-0.1, -0.05) is 47.5 Å². The molecular formula is C22H15Cl2FN2O2. The zero-order valence-corrected chi connectivity index (χ0v) is 16.7. The molecule has 0 aliphatic heterocycles. The van der Waals surface area contributed by atoms with Gasteiger partial charge in [0.15, 0.2) is 11.6 Å². The van der Waals surface area contributed by atoms with Crippen LogP contribution in [0, 0.1) is 24.1 Å². The number of rotatable bonds is 4. The van der Waals surface area contributed by atoms with Gasteiger partial charge in [-0.05, 0) is 53.9 Å². The summed E-state index contributed by atoms with van der Waals surface area (Å²) in [4.78, 5) is 12.4. The smallest absolute Gasteiger partial charge is 0.259 e. The number of hydrogen-bond acceptors (Lipinski definition) is 3. The van der Waals surface area contributed by atoms with Gasteiger partial charge >= 0.3 is 0 Å². The minimum atomic E-state index is -0.887. The summed E-state index contributed by atoms with van der Waals surface area (Å²) >= 11 is 12.3. The summed E-state index contributed by atoms with van der Waals surface area (Å²) < 4.78 is 13.5. The van der Waals surface area contributed by atoms with E-state index in [1.165, 1.54) is 18.2 Å². The van der Waals surface area contributed by atoms with Gasteiger partial charge in [0.2, 0.25) is 0 Å². The van der Waals surface area contributed by atoms with Crippen molar-refractivity contribution in [1.29, 1.82) is 5.26 Å². The first-order valence-electron chi connectivity index (χ1n) is 8.55. The highest BCUT2D eigenvalue weighted by molar-refractivity contribution is 6.32. The summed E-state index contributed by atoms with van der Waals surface area (Å²) in [6.45, 7) is 1.75. The van der Waals surface area contributed by atoms with E-state index in [9.17, 15) is 19.6 Å². The molecule has 0 saturated heterocycles. The third-order valence-electron chi connectivity index (χ3n) is 4.47. The molecule has 1 amide bonds. The topological polar surface area (TPSA) is 73.1 Å². The molecule has 3 aromatic rings. The molecule has 4 nitrogen and oxygen atoms in total. The molecule has 29 heavy (non-hydrogen) atoms. The van der Waals surface area contributed by atoms with Gasteiger partial charge in [0.25, 0.3) is 5.91 Å². The van der Waals surface area contributed by atoms with E-state index in [0.29, 0.717) is 21.8 Å². The van der Waals surface area contributed by atoms with Crippen molar-refractivity contribution in [3.63, 3.8) is 0 Å². The van der Waals surface area contributed by atoms with Crippen molar-refractivity contribution in [3.8, 4) is 11.8 Å². The monoisotopic (exact) mass is 428 g/mol. The van der Waals surface area contributed by atoms with Crippen LogP contribution in [0.3, 0.4) is 0 Å². The van der Waals surface area contributed by atoms with Crippen molar-refractivity contribution in [2.75, 3.05) is 5.32 Å². The molecule has 0 aliphatic carbocycles. The minimum absolute atomic E-state index is 0.194. The predicted octanol–water partition coefficient (Wildman–Crippen LogP) is 6.05. The molecule has 0 aromatic heterocycles. The lowest BCUT2D eigenvalue weighted by Gasteiger charge is -2.16. The zero-order valence-electron chi connectivity index (χ0n) is 15.2. The fourth-order valence-electron chi connectivity index (χ4n) is 2.93. The molecule has 7 heteroatoms. The number of anilines is 1. The van der Waals surface area contributed by atoms with Gasteiger partial charge in [0, 0.05) is 15.7 Å². The second kappa shape index (κ2) is 8.52. The molecule has 3 aromatic carbocycles. The number of amides is 1. The summed E-state index contributed by atoms with van der Waals surface area (Å²) in [6.07, 6.45) is 0. The Labute approximate surface area is 177 Å². The van der Waals surface area contributed by atoms with E-state index < -0.39 is 23.4 Å². The highest BCUT2D eigenvalue weighted by Crippen LogP contribution is 2.34. The van der Waals surface area contributed by atoms with Crippen molar-refractivity contribution < 1.29 is 14.3 Å². The van der Waals surface area contributed by atoms with Crippen molar-refractivity contribution in [2.45, 2.75) is 12.8 Å². The Morgan fingerprint density at radius 1 is 1.17 bits per heavy atom. The third kappa shape index (κ3) is 4.34. The number of carbonyl (C=O) groups is 1. The Balaban J connectivity index is 1.93. The predicted molar refractivity (Wildman–Crippen MR) is 111 cm³/mol. The number of aryl methyl sites for hydroxylation is 1. The third-order valence-corrected chi connectivity index (χ3v) is 5.05. The first kappa shape index (κ1) is 20.7. The molecule has 0 fully saturated rings. The molecule has 1 atom stereocenters. The van der Waals surface area contributed by atoms with Crippen LogP contribution >= 0.6 is 23.2 Å². The van der Waals surface area contributed by atoms with Crippen LogP contribution in [0.25, 0.3) is 0 Å². The second-order valence-corrected chi connectivity index (χ2v) is 7.24. The number of nitriles is 1. The van der Waals surface area contributed by atoms with E-state index in [1.807, 2.05) is 0 Å². The summed E-state index contributed by atoms with van der Waals surface area (Å²) in [5, 5.41) is 22.9. The number of nitrogens with one attached hydrogen (secondary N) is 1. The Morgan fingerprint density at radius 2 is 1.86 bits per heavy atom. The Bertz CT molecular complexity index is 1120. The van der Waals surface area contributed by atoms with Crippen LogP contribution in [-0.4, -0.2) is 11.0 Å². The maximum Gasteiger partial charge on any atom is 0.259 e. The van der Waals surface area contributed by atoms with Crippen LogP contribution in [0.4, 0.5) is 10.1 Å². The number of phenolic OH excluding ortho intramolecular Hbond substituents is 1. The lowest BCUT2D eigenvalue weighted by Crippen LogP contribution is -2.14. The zero-order chi connectivity index (χ0) is 21.1. The number of nitrogens with zero attached hydrogens (tertiary/aromatic N) is 1. The fourth-order valence-corrected chi connectivity index (χ4v) is 3.33. The highest BCUT2D eigenvalue weighted by atomic mass is 35.5. The summed E-state index contributed by atoms with van der Waals surface area (Å²) in [5.74, 6) is -2.90. The number of benzene rings is 3.